The summed E-state index contributed by atoms with van der Waals surface area (Å²) in [5.41, 5.74) is 4.19. The molecule has 0 amide bonds. The molecule has 0 saturated heterocycles. The summed E-state index contributed by atoms with van der Waals surface area (Å²) in [6, 6.07) is 7.73. The van der Waals surface area contributed by atoms with E-state index in [4.69, 9.17) is 9.47 Å². The number of hydrogen-bond donors (Lipinski definition) is 1. The average Bonchev–Trinajstić information content (AvgIpc) is 2.67. The van der Waals surface area contributed by atoms with Gasteiger partial charge in [-0.1, -0.05) is 36.8 Å². The van der Waals surface area contributed by atoms with E-state index in [0.717, 1.165) is 16.8 Å². The molecule has 0 aromatic heterocycles. The number of benzene rings is 1. The smallest absolute Gasteiger partial charge is 0.336 e. The van der Waals surface area contributed by atoms with Crippen LogP contribution in [0.3, 0.4) is 0 Å². The first-order valence-electron chi connectivity index (χ1n) is 9.86. The molecule has 0 radical (unpaired) electrons. The van der Waals surface area contributed by atoms with Gasteiger partial charge in [0.25, 0.3) is 0 Å². The maximum atomic E-state index is 13.5. The van der Waals surface area contributed by atoms with Gasteiger partial charge in [0.15, 0.2) is 5.78 Å². The highest BCUT2D eigenvalue weighted by molar-refractivity contribution is 6.12. The van der Waals surface area contributed by atoms with Crippen molar-refractivity contribution in [2.75, 3.05) is 13.7 Å². The molecule has 154 valence electrons. The minimum atomic E-state index is -0.879. The molecule has 0 bridgehead atoms. The quantitative estimate of drug-likeness (QED) is 0.621. The number of Topliss-reactive ketones (excluding diaryl/α,β-unsaturated/α-hetero) is 1. The van der Waals surface area contributed by atoms with Gasteiger partial charge in [-0.05, 0) is 38.7 Å². The zero-order valence-corrected chi connectivity index (χ0v) is 17.5. The third-order valence-electron chi connectivity index (χ3n) is 5.65. The molecular weight excluding hydrogens is 370 g/mol. The fourth-order valence-corrected chi connectivity index (χ4v) is 4.25. The number of methoxy groups -OCH3 is 1. The number of esters is 2. The minimum absolute atomic E-state index is 0.197. The van der Waals surface area contributed by atoms with Crippen LogP contribution in [0.5, 0.6) is 0 Å². The molecule has 1 aromatic carbocycles. The van der Waals surface area contributed by atoms with Crippen LogP contribution in [0.15, 0.2) is 46.8 Å². The van der Waals surface area contributed by atoms with E-state index in [0.29, 0.717) is 23.3 Å². The standard InChI is InChI=1S/C23H27NO5/c1-6-29-23(27)18-14(4)24-16-11-13(3)17(22(26)28-5)21(25)20(16)19(18)15-9-7-12(2)8-10-15/h7-10,13,17,19,24H,6,11H2,1-5H3/t13-,17-,19+/m1/s1. The topological polar surface area (TPSA) is 81.7 Å². The molecule has 0 unspecified atom stereocenters. The van der Waals surface area contributed by atoms with Crippen molar-refractivity contribution in [3.63, 3.8) is 0 Å². The van der Waals surface area contributed by atoms with E-state index in [1.54, 1.807) is 6.92 Å². The van der Waals surface area contributed by atoms with E-state index in [1.807, 2.05) is 45.0 Å². The first-order valence-corrected chi connectivity index (χ1v) is 9.86. The second-order valence-electron chi connectivity index (χ2n) is 7.67. The molecule has 0 fully saturated rings. The number of ether oxygens (including phenoxy) is 2. The molecule has 1 aliphatic heterocycles. The van der Waals surface area contributed by atoms with Crippen molar-refractivity contribution in [3.8, 4) is 0 Å². The van der Waals surface area contributed by atoms with Crippen LogP contribution in [0, 0.1) is 18.8 Å². The summed E-state index contributed by atoms with van der Waals surface area (Å²) in [5.74, 6) is -2.96. The van der Waals surface area contributed by atoms with Crippen LogP contribution in [0.1, 0.15) is 44.2 Å². The van der Waals surface area contributed by atoms with Gasteiger partial charge < -0.3 is 14.8 Å². The van der Waals surface area contributed by atoms with Crippen LogP contribution in [0.2, 0.25) is 0 Å². The molecule has 3 rings (SSSR count). The SMILES string of the molecule is CCOC(=O)C1=C(C)NC2=C(C(=O)[C@H](C(=O)OC)[C@H](C)C2)[C@H]1c1ccc(C)cc1. The second kappa shape index (κ2) is 8.23. The highest BCUT2D eigenvalue weighted by Gasteiger charge is 2.47. The molecule has 0 spiro atoms. The van der Waals surface area contributed by atoms with Crippen LogP contribution in [0.25, 0.3) is 0 Å². The monoisotopic (exact) mass is 397 g/mol. The third-order valence-corrected chi connectivity index (χ3v) is 5.65. The predicted octanol–water partition coefficient (Wildman–Crippen LogP) is 3.17. The summed E-state index contributed by atoms with van der Waals surface area (Å²) in [4.78, 5) is 38.7. The van der Waals surface area contributed by atoms with Crippen molar-refractivity contribution >= 4 is 17.7 Å². The molecule has 1 N–H and O–H groups in total. The fraction of sp³-hybridized carbons (Fsp3) is 0.435. The van der Waals surface area contributed by atoms with Gasteiger partial charge in [-0.15, -0.1) is 0 Å². The van der Waals surface area contributed by atoms with Gasteiger partial charge in [-0.3, -0.25) is 9.59 Å². The molecule has 6 nitrogen and oxygen atoms in total. The summed E-state index contributed by atoms with van der Waals surface area (Å²) in [6.45, 7) is 7.64. The Hall–Kier alpha value is -2.89. The largest absolute Gasteiger partial charge is 0.468 e. The molecule has 1 aromatic rings. The third kappa shape index (κ3) is 3.71. The normalized spacial score (nSPS) is 24.0. The van der Waals surface area contributed by atoms with Crippen molar-refractivity contribution in [3.05, 3.63) is 57.9 Å². The molecule has 3 atom stereocenters. The molecule has 2 aliphatic rings. The Morgan fingerprint density at radius 2 is 1.83 bits per heavy atom. The molecular formula is C23H27NO5. The maximum absolute atomic E-state index is 13.5. The first-order chi connectivity index (χ1) is 13.8. The minimum Gasteiger partial charge on any atom is -0.468 e. The van der Waals surface area contributed by atoms with E-state index in [2.05, 4.69) is 5.32 Å². The highest BCUT2D eigenvalue weighted by atomic mass is 16.5. The van der Waals surface area contributed by atoms with Crippen molar-refractivity contribution in [1.82, 2.24) is 5.32 Å². The van der Waals surface area contributed by atoms with Crippen molar-refractivity contribution in [2.24, 2.45) is 11.8 Å². The summed E-state index contributed by atoms with van der Waals surface area (Å²) >= 11 is 0. The van der Waals surface area contributed by atoms with Gasteiger partial charge in [0, 0.05) is 22.9 Å². The van der Waals surface area contributed by atoms with Gasteiger partial charge in [0.1, 0.15) is 5.92 Å². The van der Waals surface area contributed by atoms with E-state index in [9.17, 15) is 14.4 Å². The number of dihydropyridines is 1. The maximum Gasteiger partial charge on any atom is 0.336 e. The number of carbonyl (C=O) groups excluding carboxylic acids is 3. The Bertz CT molecular complexity index is 910. The number of ketones is 1. The lowest BCUT2D eigenvalue weighted by molar-refractivity contribution is -0.151. The van der Waals surface area contributed by atoms with Crippen LogP contribution >= 0.6 is 0 Å². The van der Waals surface area contributed by atoms with Crippen LogP contribution in [0.4, 0.5) is 0 Å². The number of rotatable bonds is 4. The van der Waals surface area contributed by atoms with Crippen LogP contribution < -0.4 is 5.32 Å². The van der Waals surface area contributed by atoms with Gasteiger partial charge in [0.2, 0.25) is 0 Å². The lowest BCUT2D eigenvalue weighted by atomic mass is 9.69. The Morgan fingerprint density at radius 3 is 2.41 bits per heavy atom. The van der Waals surface area contributed by atoms with Crippen LogP contribution in [-0.2, 0) is 23.9 Å². The first kappa shape index (κ1) is 20.8. The van der Waals surface area contributed by atoms with Crippen molar-refractivity contribution < 1.29 is 23.9 Å². The Labute approximate surface area is 171 Å². The Morgan fingerprint density at radius 1 is 1.17 bits per heavy atom. The molecule has 1 aliphatic carbocycles. The number of allylic oxidation sites excluding steroid dienone is 3. The summed E-state index contributed by atoms with van der Waals surface area (Å²) in [5, 5.41) is 3.24. The zero-order chi connectivity index (χ0) is 21.3. The van der Waals surface area contributed by atoms with E-state index >= 15 is 0 Å². The van der Waals surface area contributed by atoms with Gasteiger partial charge >= 0.3 is 11.9 Å². The Kier molecular flexibility index (Phi) is 5.91. The molecule has 6 heteroatoms. The lowest BCUT2D eigenvalue weighted by Gasteiger charge is -2.38. The fourth-order valence-electron chi connectivity index (χ4n) is 4.25. The van der Waals surface area contributed by atoms with Gasteiger partial charge in [-0.2, -0.15) is 0 Å². The Balaban J connectivity index is 2.18. The number of hydrogen-bond acceptors (Lipinski definition) is 6. The molecule has 1 heterocycles. The van der Waals surface area contributed by atoms with Crippen LogP contribution in [-0.4, -0.2) is 31.4 Å². The molecule has 29 heavy (non-hydrogen) atoms. The van der Waals surface area contributed by atoms with Gasteiger partial charge in [0.05, 0.1) is 19.3 Å². The zero-order valence-electron chi connectivity index (χ0n) is 17.5. The summed E-state index contributed by atoms with van der Waals surface area (Å²) in [7, 11) is 1.29. The average molecular weight is 397 g/mol. The van der Waals surface area contributed by atoms with Crippen molar-refractivity contribution in [1.29, 1.82) is 0 Å². The molecule has 0 saturated carbocycles. The van der Waals surface area contributed by atoms with E-state index in [1.165, 1.54) is 7.11 Å². The van der Waals surface area contributed by atoms with Crippen molar-refractivity contribution in [2.45, 2.75) is 40.0 Å². The number of carbonyl (C=O) groups is 3. The second-order valence-corrected chi connectivity index (χ2v) is 7.67. The summed E-state index contributed by atoms with van der Waals surface area (Å²) < 4.78 is 10.2. The predicted molar refractivity (Wildman–Crippen MR) is 108 cm³/mol. The summed E-state index contributed by atoms with van der Waals surface area (Å²) in [6.07, 6.45) is 0.524. The van der Waals surface area contributed by atoms with E-state index in [-0.39, 0.29) is 18.3 Å². The lowest BCUT2D eigenvalue weighted by Crippen LogP contribution is -2.43. The number of nitrogens with one attached hydrogen (secondary N) is 1. The van der Waals surface area contributed by atoms with Gasteiger partial charge in [-0.25, -0.2) is 4.79 Å². The van der Waals surface area contributed by atoms with E-state index < -0.39 is 23.8 Å². The number of aryl methyl sites for hydroxylation is 1. The highest BCUT2D eigenvalue weighted by Crippen LogP contribution is 2.45.